The number of likely N-dealkylation sites (tertiary alicyclic amines) is 1. The van der Waals surface area contributed by atoms with Gasteiger partial charge < -0.3 is 4.90 Å². The van der Waals surface area contributed by atoms with Crippen LogP contribution < -0.4 is 0 Å². The summed E-state index contributed by atoms with van der Waals surface area (Å²) in [6, 6.07) is 10.1. The van der Waals surface area contributed by atoms with Crippen LogP contribution >= 0.6 is 0 Å². The average molecular weight is 262 g/mol. The molecule has 1 aromatic carbocycles. The first-order valence-electron chi connectivity index (χ1n) is 6.79. The molecule has 1 fully saturated rings. The third kappa shape index (κ3) is 3.33. The number of hydrogen-bond acceptors (Lipinski definition) is 3. The van der Waals surface area contributed by atoms with E-state index < -0.39 is 0 Å². The summed E-state index contributed by atoms with van der Waals surface area (Å²) < 4.78 is 0. The first kappa shape index (κ1) is 14.0. The topological polar surface area (TPSA) is 32.8 Å². The highest BCUT2D eigenvalue weighted by atomic mass is 16.7. The molecule has 0 aromatic heterocycles. The predicted octanol–water partition coefficient (Wildman–Crippen LogP) is 2.06. The fourth-order valence-electron chi connectivity index (χ4n) is 2.38. The van der Waals surface area contributed by atoms with Crippen molar-refractivity contribution in [2.45, 2.75) is 39.0 Å². The zero-order valence-electron chi connectivity index (χ0n) is 11.9. The molecule has 4 nitrogen and oxygen atoms in total. The molecule has 1 unspecified atom stereocenters. The van der Waals surface area contributed by atoms with Crippen molar-refractivity contribution in [3.63, 3.8) is 0 Å². The lowest BCUT2D eigenvalue weighted by molar-refractivity contribution is -0.183. The van der Waals surface area contributed by atoms with E-state index in [1.54, 1.807) is 5.06 Å². The smallest absolute Gasteiger partial charge is 0.242 e. The van der Waals surface area contributed by atoms with Gasteiger partial charge in [-0.1, -0.05) is 30.3 Å². The maximum absolute atomic E-state index is 12.2. The minimum atomic E-state index is -0.147. The van der Waals surface area contributed by atoms with Gasteiger partial charge in [0.15, 0.2) is 0 Å². The molecule has 0 aliphatic carbocycles. The molecule has 19 heavy (non-hydrogen) atoms. The summed E-state index contributed by atoms with van der Waals surface area (Å²) >= 11 is 0. The van der Waals surface area contributed by atoms with Crippen molar-refractivity contribution >= 4 is 5.91 Å². The van der Waals surface area contributed by atoms with Crippen LogP contribution in [0.4, 0.5) is 0 Å². The van der Waals surface area contributed by atoms with Crippen molar-refractivity contribution in [2.75, 3.05) is 13.6 Å². The molecule has 1 aliphatic heterocycles. The minimum Gasteiger partial charge on any atom is -0.339 e. The van der Waals surface area contributed by atoms with Gasteiger partial charge >= 0.3 is 0 Å². The normalized spacial score (nSPS) is 19.7. The van der Waals surface area contributed by atoms with E-state index in [-0.39, 0.29) is 18.0 Å². The first-order valence-corrected chi connectivity index (χ1v) is 6.79. The Kier molecular flexibility index (Phi) is 4.56. The van der Waals surface area contributed by atoms with Crippen LogP contribution in [0.2, 0.25) is 0 Å². The molecule has 1 atom stereocenters. The lowest BCUT2D eigenvalue weighted by atomic mass is 10.2. The number of rotatable bonds is 5. The van der Waals surface area contributed by atoms with Crippen molar-refractivity contribution in [3.05, 3.63) is 35.9 Å². The molecular formula is C15H22N2O2. The highest BCUT2D eigenvalue weighted by Crippen LogP contribution is 2.19. The number of benzene rings is 1. The van der Waals surface area contributed by atoms with Crippen LogP contribution in [0.5, 0.6) is 0 Å². The third-order valence-electron chi connectivity index (χ3n) is 3.55. The minimum absolute atomic E-state index is 0.147. The van der Waals surface area contributed by atoms with Crippen LogP contribution in [0.15, 0.2) is 30.3 Å². The first-order chi connectivity index (χ1) is 9.09. The van der Waals surface area contributed by atoms with E-state index in [1.807, 2.05) is 56.1 Å². The second kappa shape index (κ2) is 6.17. The van der Waals surface area contributed by atoms with E-state index in [2.05, 4.69) is 0 Å². The largest absolute Gasteiger partial charge is 0.339 e. The van der Waals surface area contributed by atoms with E-state index >= 15 is 0 Å². The SMILES string of the molecule is CC(C)N1CCC(N(C)OCc2ccccc2)C1=O. The Morgan fingerprint density at radius 1 is 1.37 bits per heavy atom. The van der Waals surface area contributed by atoms with Crippen LogP contribution in [-0.2, 0) is 16.2 Å². The predicted molar refractivity (Wildman–Crippen MR) is 74.2 cm³/mol. The Balaban J connectivity index is 1.87. The summed E-state index contributed by atoms with van der Waals surface area (Å²) in [4.78, 5) is 19.8. The highest BCUT2D eigenvalue weighted by Gasteiger charge is 2.36. The van der Waals surface area contributed by atoms with Gasteiger partial charge in [0.1, 0.15) is 6.04 Å². The zero-order chi connectivity index (χ0) is 13.8. The summed E-state index contributed by atoms with van der Waals surface area (Å²) in [5.41, 5.74) is 1.11. The molecular weight excluding hydrogens is 240 g/mol. The summed E-state index contributed by atoms with van der Waals surface area (Å²) in [6.07, 6.45) is 0.836. The van der Waals surface area contributed by atoms with Crippen molar-refractivity contribution in [1.82, 2.24) is 9.96 Å². The Morgan fingerprint density at radius 3 is 2.63 bits per heavy atom. The highest BCUT2D eigenvalue weighted by molar-refractivity contribution is 5.84. The number of likely N-dealkylation sites (N-methyl/N-ethyl adjacent to an activating group) is 1. The molecule has 0 spiro atoms. The maximum Gasteiger partial charge on any atom is 0.242 e. The van der Waals surface area contributed by atoms with E-state index in [1.165, 1.54) is 0 Å². The van der Waals surface area contributed by atoms with Gasteiger partial charge in [-0.3, -0.25) is 9.63 Å². The van der Waals surface area contributed by atoms with E-state index in [0.29, 0.717) is 6.61 Å². The van der Waals surface area contributed by atoms with E-state index in [4.69, 9.17) is 4.84 Å². The van der Waals surface area contributed by atoms with Gasteiger partial charge in [-0.25, -0.2) is 0 Å². The molecule has 1 aromatic rings. The Labute approximate surface area is 114 Å². The van der Waals surface area contributed by atoms with Gasteiger partial charge in [-0.2, -0.15) is 5.06 Å². The average Bonchev–Trinajstić information content (AvgIpc) is 2.79. The Hall–Kier alpha value is -1.39. The summed E-state index contributed by atoms with van der Waals surface area (Å²) in [7, 11) is 1.84. The van der Waals surface area contributed by atoms with Gasteiger partial charge in [0.2, 0.25) is 5.91 Å². The van der Waals surface area contributed by atoms with E-state index in [0.717, 1.165) is 18.5 Å². The summed E-state index contributed by atoms with van der Waals surface area (Å²) in [5, 5.41) is 1.71. The van der Waals surface area contributed by atoms with E-state index in [9.17, 15) is 4.79 Å². The fraction of sp³-hybridized carbons (Fsp3) is 0.533. The van der Waals surface area contributed by atoms with Crippen LogP contribution in [0.3, 0.4) is 0 Å². The quantitative estimate of drug-likeness (QED) is 0.761. The van der Waals surface area contributed by atoms with Crippen molar-refractivity contribution in [1.29, 1.82) is 0 Å². The Morgan fingerprint density at radius 2 is 2.05 bits per heavy atom. The van der Waals surface area contributed by atoms with Crippen molar-refractivity contribution < 1.29 is 9.63 Å². The van der Waals surface area contributed by atoms with Gasteiger partial charge in [0.05, 0.1) is 6.61 Å². The van der Waals surface area contributed by atoms with Gasteiger partial charge in [-0.15, -0.1) is 0 Å². The van der Waals surface area contributed by atoms with Gasteiger partial charge in [0, 0.05) is 19.6 Å². The number of hydrogen-bond donors (Lipinski definition) is 0. The fourth-order valence-corrected chi connectivity index (χ4v) is 2.38. The standard InChI is InChI=1S/C15H22N2O2/c1-12(2)17-10-9-14(15(17)18)16(3)19-11-13-7-5-4-6-8-13/h4-8,12,14H,9-11H2,1-3H3. The van der Waals surface area contributed by atoms with Crippen LogP contribution in [0.1, 0.15) is 25.8 Å². The molecule has 4 heteroatoms. The second-order valence-electron chi connectivity index (χ2n) is 5.24. The third-order valence-corrected chi connectivity index (χ3v) is 3.55. The zero-order valence-corrected chi connectivity index (χ0v) is 11.9. The molecule has 1 amide bonds. The van der Waals surface area contributed by atoms with Gasteiger partial charge in [-0.05, 0) is 25.8 Å². The molecule has 0 N–H and O–H groups in total. The molecule has 0 saturated carbocycles. The molecule has 0 radical (unpaired) electrons. The lowest BCUT2D eigenvalue weighted by Crippen LogP contribution is -2.41. The molecule has 1 aliphatic rings. The number of carbonyl (C=O) groups excluding carboxylic acids is 1. The number of carbonyl (C=O) groups is 1. The second-order valence-corrected chi connectivity index (χ2v) is 5.24. The van der Waals surface area contributed by atoms with Crippen molar-refractivity contribution in [2.24, 2.45) is 0 Å². The van der Waals surface area contributed by atoms with Crippen LogP contribution in [0.25, 0.3) is 0 Å². The number of amides is 1. The molecule has 1 saturated heterocycles. The summed E-state index contributed by atoms with van der Waals surface area (Å²) in [6.45, 7) is 5.42. The van der Waals surface area contributed by atoms with Crippen LogP contribution in [0, 0.1) is 0 Å². The summed E-state index contributed by atoms with van der Waals surface area (Å²) in [5.74, 6) is 0.172. The Bertz CT molecular complexity index is 419. The number of nitrogens with zero attached hydrogens (tertiary/aromatic N) is 2. The van der Waals surface area contributed by atoms with Crippen molar-refractivity contribution in [3.8, 4) is 0 Å². The lowest BCUT2D eigenvalue weighted by Gasteiger charge is -2.25. The number of hydroxylamine groups is 2. The van der Waals surface area contributed by atoms with Gasteiger partial charge in [0.25, 0.3) is 0 Å². The monoisotopic (exact) mass is 262 g/mol. The maximum atomic E-state index is 12.2. The molecule has 1 heterocycles. The molecule has 104 valence electrons. The van der Waals surface area contributed by atoms with Crippen LogP contribution in [-0.4, -0.2) is 41.5 Å². The molecule has 0 bridgehead atoms. The molecule has 2 rings (SSSR count).